The molecule has 0 aliphatic carbocycles. The molecule has 4 aromatic rings. The topological polar surface area (TPSA) is 88.4 Å². The Bertz CT molecular complexity index is 1120. The highest BCUT2D eigenvalue weighted by molar-refractivity contribution is 5.22. The number of hydrogen-bond acceptors (Lipinski definition) is 6. The zero-order valence-corrected chi connectivity index (χ0v) is 23.2. The zero-order chi connectivity index (χ0) is 28.8. The van der Waals surface area contributed by atoms with E-state index in [9.17, 15) is 15.3 Å². The predicted octanol–water partition coefficient (Wildman–Crippen LogP) is 4.32. The molecule has 3 N–H and O–H groups in total. The van der Waals surface area contributed by atoms with Crippen molar-refractivity contribution < 1.29 is 34.0 Å². The first-order chi connectivity index (χ1) is 20.0. The smallest absolute Gasteiger partial charge is 0.137 e. The predicted molar refractivity (Wildman–Crippen MR) is 159 cm³/mol. The third kappa shape index (κ3) is 10.6. The molecule has 0 heterocycles. The van der Waals surface area contributed by atoms with E-state index in [0.717, 1.165) is 5.56 Å². The fourth-order valence-corrected chi connectivity index (χ4v) is 5.01. The normalized spacial score (nSPS) is 13.6. The molecule has 0 spiro atoms. The number of nitrogens with zero attached hydrogens (tertiary/aromatic N) is 1. The lowest BCUT2D eigenvalue weighted by molar-refractivity contribution is -0.948. The van der Waals surface area contributed by atoms with E-state index in [0.29, 0.717) is 23.8 Å². The summed E-state index contributed by atoms with van der Waals surface area (Å²) in [5, 5.41) is 33.6. The highest BCUT2D eigenvalue weighted by atomic mass is 16.5. The van der Waals surface area contributed by atoms with E-state index in [2.05, 4.69) is 0 Å². The van der Waals surface area contributed by atoms with Crippen LogP contribution in [0.1, 0.15) is 5.56 Å². The summed E-state index contributed by atoms with van der Waals surface area (Å²) in [6.07, 6.45) is -2.57. The molecule has 0 aliphatic rings. The summed E-state index contributed by atoms with van der Waals surface area (Å²) in [4.78, 5) is 0. The molecule has 0 saturated heterocycles. The van der Waals surface area contributed by atoms with Gasteiger partial charge in [-0.05, 0) is 36.4 Å². The van der Waals surface area contributed by atoms with Crippen LogP contribution >= 0.6 is 0 Å². The Hall–Kier alpha value is -3.88. The quantitative estimate of drug-likeness (QED) is 0.167. The number of aliphatic hydroxyl groups is 3. The highest BCUT2D eigenvalue weighted by Crippen LogP contribution is 2.21. The Morgan fingerprint density at radius 3 is 1.05 bits per heavy atom. The molecule has 3 atom stereocenters. The van der Waals surface area contributed by atoms with Gasteiger partial charge in [-0.1, -0.05) is 84.9 Å². The number of aliphatic hydroxyl groups excluding tert-OH is 3. The van der Waals surface area contributed by atoms with Crippen molar-refractivity contribution in [2.45, 2.75) is 24.9 Å². The Labute approximate surface area is 242 Å². The molecule has 0 bridgehead atoms. The Morgan fingerprint density at radius 1 is 0.439 bits per heavy atom. The number of benzene rings is 4. The average molecular weight is 559 g/mol. The molecule has 41 heavy (non-hydrogen) atoms. The van der Waals surface area contributed by atoms with Crippen molar-refractivity contribution in [3.05, 3.63) is 127 Å². The van der Waals surface area contributed by atoms with Gasteiger partial charge in [-0.15, -0.1) is 0 Å². The molecule has 0 saturated carbocycles. The lowest BCUT2D eigenvalue weighted by Gasteiger charge is -2.42. The van der Waals surface area contributed by atoms with E-state index in [1.807, 2.05) is 121 Å². The second kappa shape index (κ2) is 15.8. The van der Waals surface area contributed by atoms with Gasteiger partial charge in [0, 0.05) is 5.56 Å². The molecular formula is C34H40NO6+. The number of hydrogen-bond donors (Lipinski definition) is 3. The Kier molecular flexibility index (Phi) is 11.6. The van der Waals surface area contributed by atoms with Crippen LogP contribution < -0.4 is 14.2 Å². The lowest BCUT2D eigenvalue weighted by Crippen LogP contribution is -2.60. The van der Waals surface area contributed by atoms with Crippen molar-refractivity contribution in [3.63, 3.8) is 0 Å². The molecule has 0 aromatic heterocycles. The van der Waals surface area contributed by atoms with Gasteiger partial charge in [0.1, 0.15) is 81.6 Å². The summed E-state index contributed by atoms with van der Waals surface area (Å²) in [6, 6.07) is 37.9. The number of rotatable bonds is 17. The molecule has 0 radical (unpaired) electrons. The van der Waals surface area contributed by atoms with Gasteiger partial charge in [0.2, 0.25) is 0 Å². The maximum Gasteiger partial charge on any atom is 0.137 e. The Balaban J connectivity index is 1.52. The van der Waals surface area contributed by atoms with Gasteiger partial charge >= 0.3 is 0 Å². The van der Waals surface area contributed by atoms with Crippen molar-refractivity contribution in [3.8, 4) is 17.2 Å². The Morgan fingerprint density at radius 2 is 0.732 bits per heavy atom. The summed E-state index contributed by atoms with van der Waals surface area (Å²) in [5.41, 5.74) is 1.02. The van der Waals surface area contributed by atoms with Crippen LogP contribution in [0, 0.1) is 0 Å². The fourth-order valence-electron chi connectivity index (χ4n) is 5.01. The van der Waals surface area contributed by atoms with Gasteiger partial charge in [-0.2, -0.15) is 0 Å². The zero-order valence-electron chi connectivity index (χ0n) is 23.2. The minimum absolute atomic E-state index is 0.0754. The molecule has 0 fully saturated rings. The molecule has 7 heteroatoms. The average Bonchev–Trinajstić information content (AvgIpc) is 3.00. The maximum absolute atomic E-state index is 11.2. The van der Waals surface area contributed by atoms with Gasteiger partial charge in [0.15, 0.2) is 0 Å². The van der Waals surface area contributed by atoms with Gasteiger partial charge in [-0.3, -0.25) is 0 Å². The van der Waals surface area contributed by atoms with Gasteiger partial charge in [-0.25, -0.2) is 0 Å². The number of para-hydroxylation sites is 3. The standard InChI is InChI=1S/C34H40NO6/c36-29(25-39-32-15-7-2-8-16-32)22-35(21-28-13-5-1-6-14-28,23-30(37)26-40-33-17-9-3-10-18-33)24-31(38)27-41-34-19-11-4-12-20-34/h1-20,29-31,36-38H,21-27H2/q+1/t29-,30-,31-/m0/s1. The second-order valence-corrected chi connectivity index (χ2v) is 10.4. The van der Waals surface area contributed by atoms with E-state index >= 15 is 0 Å². The number of quaternary nitrogens is 1. The summed E-state index contributed by atoms with van der Waals surface area (Å²) >= 11 is 0. The molecule has 4 aromatic carbocycles. The third-order valence-electron chi connectivity index (χ3n) is 6.71. The van der Waals surface area contributed by atoms with E-state index in [-0.39, 0.29) is 43.9 Å². The molecule has 216 valence electrons. The van der Waals surface area contributed by atoms with Crippen LogP contribution in [-0.2, 0) is 6.54 Å². The maximum atomic E-state index is 11.2. The summed E-state index contributed by atoms with van der Waals surface area (Å²) in [7, 11) is 0. The van der Waals surface area contributed by atoms with Gasteiger partial charge < -0.3 is 34.0 Å². The van der Waals surface area contributed by atoms with Crippen molar-refractivity contribution in [2.24, 2.45) is 0 Å². The minimum atomic E-state index is -0.858. The SMILES string of the molecule is O[C@H](COc1ccccc1)C[N+](Cc1ccccc1)(C[C@H](O)COc1ccccc1)C[C@H](O)COc1ccccc1. The molecule has 0 unspecified atom stereocenters. The molecular weight excluding hydrogens is 518 g/mol. The largest absolute Gasteiger partial charge is 0.491 e. The molecule has 7 nitrogen and oxygen atoms in total. The van der Waals surface area contributed by atoms with Crippen molar-refractivity contribution in [1.82, 2.24) is 0 Å². The number of ether oxygens (including phenoxy) is 3. The summed E-state index contributed by atoms with van der Waals surface area (Å²) in [6.45, 7) is 1.43. The van der Waals surface area contributed by atoms with E-state index in [1.54, 1.807) is 0 Å². The van der Waals surface area contributed by atoms with E-state index < -0.39 is 18.3 Å². The molecule has 0 amide bonds. The minimum Gasteiger partial charge on any atom is -0.491 e. The highest BCUT2D eigenvalue weighted by Gasteiger charge is 2.36. The van der Waals surface area contributed by atoms with Crippen molar-refractivity contribution in [2.75, 3.05) is 39.5 Å². The summed E-state index contributed by atoms with van der Waals surface area (Å²) in [5.74, 6) is 2.00. The van der Waals surface area contributed by atoms with Crippen LogP contribution in [0.5, 0.6) is 17.2 Å². The van der Waals surface area contributed by atoms with Crippen LogP contribution in [0.2, 0.25) is 0 Å². The van der Waals surface area contributed by atoms with Crippen molar-refractivity contribution >= 4 is 0 Å². The monoisotopic (exact) mass is 558 g/mol. The third-order valence-corrected chi connectivity index (χ3v) is 6.71. The van der Waals surface area contributed by atoms with Gasteiger partial charge in [0.05, 0.1) is 0 Å². The first-order valence-corrected chi connectivity index (χ1v) is 14.0. The van der Waals surface area contributed by atoms with E-state index in [1.165, 1.54) is 0 Å². The van der Waals surface area contributed by atoms with Crippen LogP contribution in [0.25, 0.3) is 0 Å². The molecule has 0 aliphatic heterocycles. The first kappa shape index (κ1) is 30.1. The van der Waals surface area contributed by atoms with Crippen LogP contribution in [0.15, 0.2) is 121 Å². The van der Waals surface area contributed by atoms with Crippen molar-refractivity contribution in [1.29, 1.82) is 0 Å². The second-order valence-electron chi connectivity index (χ2n) is 10.4. The lowest BCUT2D eigenvalue weighted by atomic mass is 10.1. The van der Waals surface area contributed by atoms with Gasteiger partial charge in [0.25, 0.3) is 0 Å². The van der Waals surface area contributed by atoms with Crippen LogP contribution in [0.3, 0.4) is 0 Å². The first-order valence-electron chi connectivity index (χ1n) is 14.0. The van der Waals surface area contributed by atoms with Crippen LogP contribution in [0.4, 0.5) is 0 Å². The molecule has 4 rings (SSSR count). The van der Waals surface area contributed by atoms with Crippen LogP contribution in [-0.4, -0.2) is 77.6 Å². The summed E-state index contributed by atoms with van der Waals surface area (Å²) < 4.78 is 17.7. The van der Waals surface area contributed by atoms with E-state index in [4.69, 9.17) is 14.2 Å². The fraction of sp³-hybridized carbons (Fsp3) is 0.294.